The number of anilines is 1. The lowest BCUT2D eigenvalue weighted by atomic mass is 9.81. The summed E-state index contributed by atoms with van der Waals surface area (Å²) >= 11 is 1.50. The van der Waals surface area contributed by atoms with E-state index in [1.54, 1.807) is 23.0 Å². The van der Waals surface area contributed by atoms with E-state index in [0.717, 1.165) is 73.3 Å². The fourth-order valence-corrected chi connectivity index (χ4v) is 8.96. The number of likely N-dealkylation sites (tertiary alicyclic amines) is 1. The summed E-state index contributed by atoms with van der Waals surface area (Å²) in [6.07, 6.45) is 8.72. The number of thiophene rings is 1. The molecule has 3 aliphatic rings. The Kier molecular flexibility index (Phi) is 9.90. The Hall–Kier alpha value is -4.32. The average Bonchev–Trinajstić information content (AvgIpc) is 3.94. The Labute approximate surface area is 296 Å². The zero-order chi connectivity index (χ0) is 34.9. The Bertz CT molecular complexity index is 1880. The summed E-state index contributed by atoms with van der Waals surface area (Å²) in [6, 6.07) is 5.97. The number of ether oxygens (including phenoxy) is 2. The first kappa shape index (κ1) is 34.1. The molecule has 14 heteroatoms. The quantitative estimate of drug-likeness (QED) is 0.209. The van der Waals surface area contributed by atoms with Crippen LogP contribution in [0.4, 0.5) is 5.00 Å². The number of nitrogens with one attached hydrogen (secondary N) is 1. The Morgan fingerprint density at radius 2 is 2.16 bits per heavy atom. The van der Waals surface area contributed by atoms with Crippen LogP contribution in [0.25, 0.3) is 17.3 Å². The van der Waals surface area contributed by atoms with Gasteiger partial charge < -0.3 is 25.0 Å². The number of aromatic nitrogens is 5. The van der Waals surface area contributed by atoms with Gasteiger partial charge in [0.25, 0.3) is 5.91 Å². The minimum absolute atomic E-state index is 0.0335. The van der Waals surface area contributed by atoms with Crippen LogP contribution in [0.15, 0.2) is 22.9 Å². The number of hydrogen-bond acceptors (Lipinski definition) is 12. The number of unbranched alkanes of at least 4 members (excludes halogenated alkanes) is 1. The SMILES string of the molecule is CCCCc1c(-c2nc(O[C@@H](C)[C@@H]3[C@@H](C)CCN3C)cc(-n3ccc(C(=O)N[C@@H]4CCOC4)n3)n2)noc1[C@H]1CCCc2sc(N)c(C#N)c21. The summed E-state index contributed by atoms with van der Waals surface area (Å²) in [5.74, 6) is 1.99. The number of carbonyl (C=O) groups is 1. The summed E-state index contributed by atoms with van der Waals surface area (Å²) in [7, 11) is 2.13. The lowest BCUT2D eigenvalue weighted by Crippen LogP contribution is -2.41. The van der Waals surface area contributed by atoms with Crippen LogP contribution in [0.1, 0.15) is 103 Å². The number of nitriles is 1. The highest BCUT2D eigenvalue weighted by Crippen LogP contribution is 2.47. The molecule has 0 bridgehead atoms. The van der Waals surface area contributed by atoms with Gasteiger partial charge in [0, 0.05) is 41.3 Å². The molecule has 4 aromatic heterocycles. The van der Waals surface area contributed by atoms with Crippen molar-refractivity contribution >= 4 is 22.2 Å². The number of nitrogens with two attached hydrogens (primary N) is 1. The molecule has 0 aromatic carbocycles. The average molecular weight is 700 g/mol. The third-order valence-corrected chi connectivity index (χ3v) is 11.5. The molecule has 5 atom stereocenters. The number of amides is 1. The predicted molar refractivity (Wildman–Crippen MR) is 188 cm³/mol. The number of carbonyl (C=O) groups excluding carboxylic acids is 1. The molecular weight excluding hydrogens is 655 g/mol. The van der Waals surface area contributed by atoms with Gasteiger partial charge in [-0.3, -0.25) is 9.69 Å². The summed E-state index contributed by atoms with van der Waals surface area (Å²) in [6.45, 7) is 8.62. The van der Waals surface area contributed by atoms with E-state index in [9.17, 15) is 10.1 Å². The standard InChI is InChI=1S/C36H45N9O4S/c1-5-6-8-24-31(43-49-33(24)23-9-7-10-27-30(23)25(18-37)34(38)50-27)35-40-28(17-29(41-35)48-21(3)32-20(2)11-14-44(32)4)45-15-12-26(42-45)36(46)39-22-13-16-47-19-22/h12,15,17,20-23,32H,5-11,13-14,16,19,38H2,1-4H3,(H,39,46)/t20-,21-,22+,23-,32-/m0/s1. The molecular formula is C36H45N9O4S. The van der Waals surface area contributed by atoms with Crippen molar-refractivity contribution in [3.05, 3.63) is 51.4 Å². The molecule has 2 aliphatic heterocycles. The van der Waals surface area contributed by atoms with Crippen LogP contribution in [0.5, 0.6) is 5.88 Å². The third kappa shape index (κ3) is 6.61. The maximum atomic E-state index is 13.0. The largest absolute Gasteiger partial charge is 0.473 e. The molecule has 0 saturated carbocycles. The molecule has 1 aliphatic carbocycles. The van der Waals surface area contributed by atoms with Crippen LogP contribution in [0, 0.1) is 17.2 Å². The van der Waals surface area contributed by atoms with E-state index in [4.69, 9.17) is 29.7 Å². The van der Waals surface area contributed by atoms with Gasteiger partial charge in [-0.15, -0.1) is 11.3 Å². The van der Waals surface area contributed by atoms with Gasteiger partial charge in [0.2, 0.25) is 5.88 Å². The minimum Gasteiger partial charge on any atom is -0.473 e. The molecule has 2 fully saturated rings. The maximum absolute atomic E-state index is 13.0. The van der Waals surface area contributed by atoms with E-state index in [-0.39, 0.29) is 35.7 Å². The van der Waals surface area contributed by atoms with Crippen LogP contribution in [-0.2, 0) is 17.6 Å². The zero-order valence-electron chi connectivity index (χ0n) is 29.1. The van der Waals surface area contributed by atoms with Crippen LogP contribution in [0.2, 0.25) is 0 Å². The van der Waals surface area contributed by atoms with Gasteiger partial charge in [-0.25, -0.2) is 9.67 Å². The number of nitrogens with zero attached hydrogens (tertiary/aromatic N) is 7. The van der Waals surface area contributed by atoms with Gasteiger partial charge in [0.15, 0.2) is 23.0 Å². The van der Waals surface area contributed by atoms with Crippen LogP contribution in [0.3, 0.4) is 0 Å². The third-order valence-electron chi connectivity index (χ3n) is 10.4. The van der Waals surface area contributed by atoms with Crippen molar-refractivity contribution in [1.29, 1.82) is 5.26 Å². The first-order valence-electron chi connectivity index (χ1n) is 17.8. The molecule has 264 valence electrons. The molecule has 50 heavy (non-hydrogen) atoms. The molecule has 7 rings (SSSR count). The Morgan fingerprint density at radius 1 is 1.30 bits per heavy atom. The fourth-order valence-electron chi connectivity index (χ4n) is 7.84. The highest BCUT2D eigenvalue weighted by Gasteiger charge is 2.36. The fraction of sp³-hybridized carbons (Fsp3) is 0.556. The second-order valence-electron chi connectivity index (χ2n) is 13.8. The maximum Gasteiger partial charge on any atom is 0.272 e. The molecule has 0 unspecified atom stereocenters. The summed E-state index contributed by atoms with van der Waals surface area (Å²) in [5.41, 5.74) is 9.57. The number of rotatable bonds is 11. The normalized spacial score (nSPS) is 22.7. The summed E-state index contributed by atoms with van der Waals surface area (Å²) in [4.78, 5) is 26.4. The van der Waals surface area contributed by atoms with Crippen molar-refractivity contribution in [2.24, 2.45) is 5.92 Å². The number of aryl methyl sites for hydroxylation is 1. The molecule has 3 N–H and O–H groups in total. The van der Waals surface area contributed by atoms with E-state index in [0.29, 0.717) is 59.3 Å². The summed E-state index contributed by atoms with van der Waals surface area (Å²) < 4.78 is 19.8. The molecule has 4 aromatic rings. The van der Waals surface area contributed by atoms with Gasteiger partial charge >= 0.3 is 0 Å². The molecule has 0 spiro atoms. The van der Waals surface area contributed by atoms with E-state index in [1.165, 1.54) is 11.3 Å². The molecule has 6 heterocycles. The highest BCUT2D eigenvalue weighted by molar-refractivity contribution is 7.16. The van der Waals surface area contributed by atoms with Gasteiger partial charge in [0.1, 0.15) is 22.9 Å². The van der Waals surface area contributed by atoms with Crippen molar-refractivity contribution in [3.8, 4) is 29.3 Å². The highest BCUT2D eigenvalue weighted by atomic mass is 32.1. The van der Waals surface area contributed by atoms with Gasteiger partial charge in [-0.05, 0) is 83.0 Å². The number of likely N-dealkylation sites (N-methyl/N-ethyl adjacent to an activating group) is 1. The first-order chi connectivity index (χ1) is 24.2. The lowest BCUT2D eigenvalue weighted by Gasteiger charge is -2.29. The second-order valence-corrected chi connectivity index (χ2v) is 15.0. The van der Waals surface area contributed by atoms with Crippen molar-refractivity contribution in [3.63, 3.8) is 0 Å². The van der Waals surface area contributed by atoms with Crippen molar-refractivity contribution in [2.75, 3.05) is 32.5 Å². The van der Waals surface area contributed by atoms with Crippen molar-refractivity contribution < 1.29 is 18.8 Å². The van der Waals surface area contributed by atoms with Crippen LogP contribution >= 0.6 is 11.3 Å². The number of nitrogen functional groups attached to an aromatic ring is 1. The first-order valence-corrected chi connectivity index (χ1v) is 18.6. The number of hydrogen-bond donors (Lipinski definition) is 2. The van der Waals surface area contributed by atoms with Crippen LogP contribution in [-0.4, -0.2) is 80.7 Å². The van der Waals surface area contributed by atoms with Crippen molar-refractivity contribution in [2.45, 2.75) is 96.2 Å². The summed E-state index contributed by atoms with van der Waals surface area (Å²) in [5, 5.41) is 22.8. The molecule has 2 saturated heterocycles. The Balaban J connectivity index is 1.29. The number of fused-ring (bicyclic) bond motifs is 1. The lowest BCUT2D eigenvalue weighted by molar-refractivity contribution is 0.0924. The van der Waals surface area contributed by atoms with Crippen molar-refractivity contribution in [1.82, 2.24) is 35.1 Å². The second kappa shape index (κ2) is 14.5. The predicted octanol–water partition coefficient (Wildman–Crippen LogP) is 5.27. The minimum atomic E-state index is -0.266. The van der Waals surface area contributed by atoms with E-state index >= 15 is 0 Å². The van der Waals surface area contributed by atoms with E-state index in [1.807, 2.05) is 0 Å². The smallest absolute Gasteiger partial charge is 0.272 e. The zero-order valence-corrected chi connectivity index (χ0v) is 30.0. The van der Waals surface area contributed by atoms with Gasteiger partial charge in [-0.1, -0.05) is 25.4 Å². The molecule has 0 radical (unpaired) electrons. The molecule has 1 amide bonds. The monoisotopic (exact) mass is 699 g/mol. The van der Waals surface area contributed by atoms with E-state index in [2.05, 4.69) is 54.4 Å². The Morgan fingerprint density at radius 3 is 2.90 bits per heavy atom. The van der Waals surface area contributed by atoms with Gasteiger partial charge in [-0.2, -0.15) is 15.3 Å². The van der Waals surface area contributed by atoms with Crippen LogP contribution < -0.4 is 15.8 Å². The topological polar surface area (TPSA) is 170 Å². The van der Waals surface area contributed by atoms with E-state index < -0.39 is 0 Å². The molecule has 13 nitrogen and oxygen atoms in total. The van der Waals surface area contributed by atoms with Gasteiger partial charge in [0.05, 0.1) is 18.2 Å².